The SMILES string of the molecule is CC1(C)Cc2[nH]ncc2CN(c2ncnc(C(C)(C)C)n2)C1. The van der Waals surface area contributed by atoms with E-state index in [2.05, 4.69) is 59.7 Å². The Morgan fingerprint density at radius 1 is 1.23 bits per heavy atom. The number of fused-ring (bicyclic) bond motifs is 1. The Morgan fingerprint density at radius 2 is 2.00 bits per heavy atom. The van der Waals surface area contributed by atoms with Crippen molar-refractivity contribution in [3.8, 4) is 0 Å². The summed E-state index contributed by atoms with van der Waals surface area (Å²) >= 11 is 0. The molecule has 2 aromatic heterocycles. The standard InChI is InChI=1S/C16H24N6/c1-15(2,3)13-17-10-18-14(20-13)22-8-11-7-19-21-12(11)6-16(4,5)9-22/h7,10H,6,8-9H2,1-5H3,(H,19,21). The predicted molar refractivity (Wildman–Crippen MR) is 85.6 cm³/mol. The third-order valence-electron chi connectivity index (χ3n) is 3.96. The van der Waals surface area contributed by atoms with Crippen molar-refractivity contribution in [3.63, 3.8) is 0 Å². The monoisotopic (exact) mass is 300 g/mol. The van der Waals surface area contributed by atoms with E-state index in [1.165, 1.54) is 11.3 Å². The number of anilines is 1. The first kappa shape index (κ1) is 14.9. The minimum atomic E-state index is -0.0835. The fourth-order valence-electron chi connectivity index (χ4n) is 2.88. The van der Waals surface area contributed by atoms with Crippen LogP contribution in [0.2, 0.25) is 0 Å². The third kappa shape index (κ3) is 2.96. The zero-order valence-corrected chi connectivity index (χ0v) is 14.0. The maximum Gasteiger partial charge on any atom is 0.228 e. The van der Waals surface area contributed by atoms with Crippen molar-refractivity contribution in [1.82, 2.24) is 25.1 Å². The number of aromatic amines is 1. The Balaban J connectivity index is 1.97. The van der Waals surface area contributed by atoms with E-state index >= 15 is 0 Å². The second-order valence-electron chi connectivity index (χ2n) is 7.93. The van der Waals surface area contributed by atoms with Gasteiger partial charge in [0, 0.05) is 29.8 Å². The number of H-pyrrole nitrogens is 1. The minimum absolute atomic E-state index is 0.0835. The Labute approximate surface area is 131 Å². The molecule has 0 aromatic carbocycles. The highest BCUT2D eigenvalue weighted by Gasteiger charge is 2.30. The molecule has 0 fully saturated rings. The average molecular weight is 300 g/mol. The van der Waals surface area contributed by atoms with Crippen molar-refractivity contribution >= 4 is 5.95 Å². The summed E-state index contributed by atoms with van der Waals surface area (Å²) in [5.74, 6) is 1.58. The second kappa shape index (κ2) is 5.04. The molecule has 0 saturated heterocycles. The molecule has 1 aliphatic rings. The molecule has 1 N–H and O–H groups in total. The van der Waals surface area contributed by atoms with Crippen LogP contribution in [-0.4, -0.2) is 31.7 Å². The van der Waals surface area contributed by atoms with Crippen LogP contribution >= 0.6 is 0 Å². The van der Waals surface area contributed by atoms with Crippen molar-refractivity contribution in [2.75, 3.05) is 11.4 Å². The van der Waals surface area contributed by atoms with Gasteiger partial charge in [0.1, 0.15) is 12.2 Å². The van der Waals surface area contributed by atoms with Crippen LogP contribution in [0.25, 0.3) is 0 Å². The Bertz CT molecular complexity index is 667. The molecule has 1 aliphatic heterocycles. The fraction of sp³-hybridized carbons (Fsp3) is 0.625. The molecular formula is C16H24N6. The van der Waals surface area contributed by atoms with Crippen LogP contribution in [-0.2, 0) is 18.4 Å². The molecule has 3 heterocycles. The van der Waals surface area contributed by atoms with E-state index in [0.717, 1.165) is 31.3 Å². The van der Waals surface area contributed by atoms with Crippen LogP contribution in [0.15, 0.2) is 12.5 Å². The van der Waals surface area contributed by atoms with Crippen molar-refractivity contribution < 1.29 is 0 Å². The van der Waals surface area contributed by atoms with Crippen LogP contribution in [0.5, 0.6) is 0 Å². The van der Waals surface area contributed by atoms with Gasteiger partial charge in [-0.2, -0.15) is 10.1 Å². The lowest BCUT2D eigenvalue weighted by molar-refractivity contribution is 0.365. The maximum absolute atomic E-state index is 4.71. The van der Waals surface area contributed by atoms with Gasteiger partial charge in [-0.25, -0.2) is 9.97 Å². The smallest absolute Gasteiger partial charge is 0.228 e. The minimum Gasteiger partial charge on any atom is -0.336 e. The summed E-state index contributed by atoms with van der Waals surface area (Å²) in [6.07, 6.45) is 4.52. The molecule has 0 aliphatic carbocycles. The largest absolute Gasteiger partial charge is 0.336 e. The Kier molecular flexibility index (Phi) is 3.42. The summed E-state index contributed by atoms with van der Waals surface area (Å²) in [6.45, 7) is 12.6. The molecule has 2 aromatic rings. The first-order valence-electron chi connectivity index (χ1n) is 7.70. The summed E-state index contributed by atoms with van der Waals surface area (Å²) in [6, 6.07) is 0. The quantitative estimate of drug-likeness (QED) is 0.876. The van der Waals surface area contributed by atoms with Crippen LogP contribution in [0, 0.1) is 5.41 Å². The molecule has 0 saturated carbocycles. The maximum atomic E-state index is 4.71. The van der Waals surface area contributed by atoms with E-state index < -0.39 is 0 Å². The molecule has 0 atom stereocenters. The van der Waals surface area contributed by atoms with Gasteiger partial charge in [0.25, 0.3) is 0 Å². The summed E-state index contributed by atoms with van der Waals surface area (Å²) in [4.78, 5) is 15.7. The molecular weight excluding hydrogens is 276 g/mol. The molecule has 0 amide bonds. The van der Waals surface area contributed by atoms with Gasteiger partial charge in [0.05, 0.1) is 6.20 Å². The lowest BCUT2D eigenvalue weighted by Crippen LogP contribution is -2.34. The highest BCUT2D eigenvalue weighted by molar-refractivity contribution is 5.35. The van der Waals surface area contributed by atoms with Crippen molar-refractivity contribution in [3.05, 3.63) is 29.6 Å². The number of nitrogens with one attached hydrogen (secondary N) is 1. The van der Waals surface area contributed by atoms with Gasteiger partial charge in [-0.3, -0.25) is 5.10 Å². The van der Waals surface area contributed by atoms with Crippen LogP contribution in [0.1, 0.15) is 51.7 Å². The molecule has 3 rings (SSSR count). The fourth-order valence-corrected chi connectivity index (χ4v) is 2.88. The first-order chi connectivity index (χ1) is 10.2. The Morgan fingerprint density at radius 3 is 2.73 bits per heavy atom. The molecule has 0 radical (unpaired) electrons. The zero-order chi connectivity index (χ0) is 16.0. The lowest BCUT2D eigenvalue weighted by atomic mass is 9.88. The summed E-state index contributed by atoms with van der Waals surface area (Å²) in [7, 11) is 0. The van der Waals surface area contributed by atoms with Crippen LogP contribution in [0.4, 0.5) is 5.95 Å². The van der Waals surface area contributed by atoms with Crippen LogP contribution in [0.3, 0.4) is 0 Å². The van der Waals surface area contributed by atoms with E-state index in [0.29, 0.717) is 0 Å². The first-order valence-corrected chi connectivity index (χ1v) is 7.70. The van der Waals surface area contributed by atoms with E-state index in [1.807, 2.05) is 6.20 Å². The van der Waals surface area contributed by atoms with Gasteiger partial charge in [-0.15, -0.1) is 0 Å². The molecule has 22 heavy (non-hydrogen) atoms. The van der Waals surface area contributed by atoms with Crippen molar-refractivity contribution in [2.24, 2.45) is 5.41 Å². The van der Waals surface area contributed by atoms with E-state index in [-0.39, 0.29) is 10.8 Å². The van der Waals surface area contributed by atoms with E-state index in [9.17, 15) is 0 Å². The van der Waals surface area contributed by atoms with Gasteiger partial charge in [-0.05, 0) is 11.8 Å². The van der Waals surface area contributed by atoms with Gasteiger partial charge in [0.2, 0.25) is 5.95 Å². The number of nitrogens with zero attached hydrogens (tertiary/aromatic N) is 5. The molecule has 0 unspecified atom stereocenters. The molecule has 6 heteroatoms. The van der Waals surface area contributed by atoms with Gasteiger partial charge >= 0.3 is 0 Å². The molecule has 0 spiro atoms. The third-order valence-corrected chi connectivity index (χ3v) is 3.96. The van der Waals surface area contributed by atoms with Gasteiger partial charge in [-0.1, -0.05) is 34.6 Å². The van der Waals surface area contributed by atoms with Crippen LogP contribution < -0.4 is 4.90 Å². The molecule has 0 bridgehead atoms. The summed E-state index contributed by atoms with van der Waals surface area (Å²) < 4.78 is 0. The van der Waals surface area contributed by atoms with E-state index in [1.54, 1.807) is 6.33 Å². The molecule has 6 nitrogen and oxygen atoms in total. The van der Waals surface area contributed by atoms with Crippen molar-refractivity contribution in [2.45, 2.75) is 53.0 Å². The van der Waals surface area contributed by atoms with E-state index in [4.69, 9.17) is 4.98 Å². The number of hydrogen-bond acceptors (Lipinski definition) is 5. The number of rotatable bonds is 1. The number of hydrogen-bond donors (Lipinski definition) is 1. The Hall–Kier alpha value is -1.98. The lowest BCUT2D eigenvalue weighted by Gasteiger charge is -2.30. The predicted octanol–water partition coefficient (Wildman–Crippen LogP) is 2.48. The zero-order valence-electron chi connectivity index (χ0n) is 14.0. The molecule has 118 valence electrons. The van der Waals surface area contributed by atoms with Crippen molar-refractivity contribution in [1.29, 1.82) is 0 Å². The average Bonchev–Trinajstić information content (AvgIpc) is 2.78. The summed E-state index contributed by atoms with van der Waals surface area (Å²) in [5, 5.41) is 7.32. The van der Waals surface area contributed by atoms with Gasteiger partial charge in [0.15, 0.2) is 0 Å². The topological polar surface area (TPSA) is 70.6 Å². The second-order valence-corrected chi connectivity index (χ2v) is 7.93. The van der Waals surface area contributed by atoms with Gasteiger partial charge < -0.3 is 4.90 Å². The highest BCUT2D eigenvalue weighted by Crippen LogP contribution is 2.31. The summed E-state index contributed by atoms with van der Waals surface area (Å²) in [5.41, 5.74) is 2.49. The highest BCUT2D eigenvalue weighted by atomic mass is 15.3. The number of aromatic nitrogens is 5. The normalized spacial score (nSPS) is 18.0.